The Morgan fingerprint density at radius 2 is 1.67 bits per heavy atom. The largest absolute Gasteiger partial charge is 0.505 e. The normalized spacial score (nSPS) is 11.5. The number of hydrogen-bond acceptors (Lipinski definition) is 7. The lowest BCUT2D eigenvalue weighted by Gasteiger charge is -2.22. The molecule has 0 spiro atoms. The standard InChI is InChI=1S/C22H12Cl3N5O3/c23-15-6-2-1-5-12(15)18(11-32-30-17-8-4-3-7-16(17)28-29-30)33-22-14(10-27)13(9-26)21(31)19(24)20(22)25/h1-8,18,31H,11H2. The second-order valence-electron chi connectivity index (χ2n) is 6.65. The summed E-state index contributed by atoms with van der Waals surface area (Å²) in [6.45, 7) is -0.126. The van der Waals surface area contributed by atoms with E-state index in [9.17, 15) is 15.6 Å². The predicted molar refractivity (Wildman–Crippen MR) is 121 cm³/mol. The number of phenolic OH excluding ortho intramolecular Hbond substituents is 1. The summed E-state index contributed by atoms with van der Waals surface area (Å²) in [6.07, 6.45) is -0.904. The third-order valence-electron chi connectivity index (χ3n) is 4.72. The van der Waals surface area contributed by atoms with Crippen LogP contribution in [-0.2, 0) is 0 Å². The van der Waals surface area contributed by atoms with Crippen molar-refractivity contribution in [2.24, 2.45) is 0 Å². The fourth-order valence-corrected chi connectivity index (χ4v) is 3.79. The van der Waals surface area contributed by atoms with E-state index in [4.69, 9.17) is 44.4 Å². The number of halogens is 3. The predicted octanol–water partition coefficient (Wildman–Crippen LogP) is 5.09. The monoisotopic (exact) mass is 499 g/mol. The maximum atomic E-state index is 10.1. The zero-order valence-electron chi connectivity index (χ0n) is 16.5. The molecule has 33 heavy (non-hydrogen) atoms. The van der Waals surface area contributed by atoms with Gasteiger partial charge in [-0.3, -0.25) is 0 Å². The molecule has 1 N–H and O–H groups in total. The van der Waals surface area contributed by atoms with E-state index in [1.54, 1.807) is 42.5 Å². The van der Waals surface area contributed by atoms with Crippen molar-refractivity contribution in [1.82, 2.24) is 15.2 Å². The lowest BCUT2D eigenvalue weighted by atomic mass is 10.1. The number of phenols is 1. The molecule has 3 aromatic carbocycles. The molecule has 0 bridgehead atoms. The second kappa shape index (κ2) is 9.43. The van der Waals surface area contributed by atoms with Gasteiger partial charge in [0, 0.05) is 10.6 Å². The van der Waals surface area contributed by atoms with Gasteiger partial charge >= 0.3 is 0 Å². The van der Waals surface area contributed by atoms with Crippen LogP contribution in [0.25, 0.3) is 11.0 Å². The van der Waals surface area contributed by atoms with Crippen LogP contribution in [0.15, 0.2) is 48.5 Å². The molecule has 11 heteroatoms. The number of aromatic nitrogens is 3. The highest BCUT2D eigenvalue weighted by molar-refractivity contribution is 6.44. The minimum atomic E-state index is -0.904. The van der Waals surface area contributed by atoms with Gasteiger partial charge in [0.15, 0.2) is 24.2 Å². The van der Waals surface area contributed by atoms with Crippen LogP contribution < -0.4 is 9.57 Å². The molecular weight excluding hydrogens is 489 g/mol. The Morgan fingerprint density at radius 3 is 2.39 bits per heavy atom. The molecule has 0 saturated heterocycles. The van der Waals surface area contributed by atoms with Gasteiger partial charge in [0.2, 0.25) is 0 Å². The number of nitriles is 2. The summed E-state index contributed by atoms with van der Waals surface area (Å²) < 4.78 is 6.05. The van der Waals surface area contributed by atoms with Gasteiger partial charge in [0.25, 0.3) is 0 Å². The molecule has 1 unspecified atom stereocenters. The van der Waals surface area contributed by atoms with E-state index in [0.29, 0.717) is 21.6 Å². The number of hydrogen-bond donors (Lipinski definition) is 1. The number of benzene rings is 3. The maximum Gasteiger partial charge on any atom is 0.162 e. The van der Waals surface area contributed by atoms with Crippen molar-refractivity contribution < 1.29 is 14.7 Å². The minimum absolute atomic E-state index is 0.126. The average molecular weight is 501 g/mol. The number of aromatic hydroxyl groups is 1. The summed E-state index contributed by atoms with van der Waals surface area (Å²) >= 11 is 18.7. The van der Waals surface area contributed by atoms with Gasteiger partial charge in [-0.1, -0.05) is 70.0 Å². The van der Waals surface area contributed by atoms with Gasteiger partial charge in [-0.25, -0.2) is 0 Å². The van der Waals surface area contributed by atoms with Gasteiger partial charge in [-0.05, 0) is 23.4 Å². The first-order valence-corrected chi connectivity index (χ1v) is 10.5. The Hall–Kier alpha value is -3.69. The van der Waals surface area contributed by atoms with E-state index in [2.05, 4.69) is 10.3 Å². The molecule has 0 aliphatic carbocycles. The fourth-order valence-electron chi connectivity index (χ4n) is 3.13. The molecule has 8 nitrogen and oxygen atoms in total. The van der Waals surface area contributed by atoms with Crippen LogP contribution in [0.5, 0.6) is 11.5 Å². The lowest BCUT2D eigenvalue weighted by Crippen LogP contribution is -2.24. The minimum Gasteiger partial charge on any atom is -0.505 e. The van der Waals surface area contributed by atoms with Crippen LogP contribution in [0.3, 0.4) is 0 Å². The van der Waals surface area contributed by atoms with E-state index in [0.717, 1.165) is 0 Å². The van der Waals surface area contributed by atoms with Crippen molar-refractivity contribution in [3.63, 3.8) is 0 Å². The van der Waals surface area contributed by atoms with Gasteiger partial charge in [-0.2, -0.15) is 10.5 Å². The first-order valence-electron chi connectivity index (χ1n) is 9.35. The SMILES string of the molecule is N#Cc1c(O)c(Cl)c(Cl)c(OC(COn2nnc3ccccc32)c2ccccc2Cl)c1C#N. The third-order valence-corrected chi connectivity index (χ3v) is 5.89. The molecular formula is C22H12Cl3N5O3. The number of ether oxygens (including phenoxy) is 1. The van der Waals surface area contributed by atoms with E-state index in [-0.39, 0.29) is 33.5 Å². The highest BCUT2D eigenvalue weighted by Gasteiger charge is 2.27. The Bertz CT molecular complexity index is 1440. The van der Waals surface area contributed by atoms with Gasteiger partial charge in [-0.15, -0.1) is 5.10 Å². The van der Waals surface area contributed by atoms with Crippen LogP contribution in [0.2, 0.25) is 15.1 Å². The van der Waals surface area contributed by atoms with Crippen LogP contribution >= 0.6 is 34.8 Å². The van der Waals surface area contributed by atoms with Crippen LogP contribution in [0.4, 0.5) is 0 Å². The zero-order valence-corrected chi connectivity index (χ0v) is 18.8. The van der Waals surface area contributed by atoms with Crippen molar-refractivity contribution in [3.05, 3.63) is 80.3 Å². The van der Waals surface area contributed by atoms with Crippen LogP contribution in [-0.4, -0.2) is 26.9 Å². The summed E-state index contributed by atoms with van der Waals surface area (Å²) in [5.74, 6) is -0.789. The number of rotatable bonds is 6. The first-order chi connectivity index (χ1) is 16.0. The van der Waals surface area contributed by atoms with E-state index < -0.39 is 11.9 Å². The summed E-state index contributed by atoms with van der Waals surface area (Å²) in [7, 11) is 0. The third kappa shape index (κ3) is 4.20. The molecule has 164 valence electrons. The summed E-state index contributed by atoms with van der Waals surface area (Å²) in [5, 5.41) is 37.0. The summed E-state index contributed by atoms with van der Waals surface area (Å²) in [4.78, 5) is 7.05. The van der Waals surface area contributed by atoms with Gasteiger partial charge in [0.1, 0.15) is 44.3 Å². The zero-order chi connectivity index (χ0) is 23.5. The van der Waals surface area contributed by atoms with Crippen LogP contribution in [0, 0.1) is 22.7 Å². The van der Waals surface area contributed by atoms with E-state index >= 15 is 0 Å². The molecule has 4 aromatic rings. The van der Waals surface area contributed by atoms with Crippen molar-refractivity contribution in [2.45, 2.75) is 6.10 Å². The van der Waals surface area contributed by atoms with Crippen molar-refractivity contribution >= 4 is 45.8 Å². The quantitative estimate of drug-likeness (QED) is 0.392. The highest BCUT2D eigenvalue weighted by Crippen LogP contribution is 2.45. The molecule has 1 aromatic heterocycles. The molecule has 4 rings (SSSR count). The number of para-hydroxylation sites is 1. The molecule has 0 amide bonds. The Labute approximate surface area is 202 Å². The Kier molecular flexibility index (Phi) is 6.43. The average Bonchev–Trinajstić information content (AvgIpc) is 3.25. The molecule has 0 saturated carbocycles. The van der Waals surface area contributed by atoms with Crippen molar-refractivity contribution in [3.8, 4) is 23.6 Å². The smallest absolute Gasteiger partial charge is 0.162 e. The Morgan fingerprint density at radius 1 is 0.970 bits per heavy atom. The lowest BCUT2D eigenvalue weighted by molar-refractivity contribution is 0.0243. The fraction of sp³-hybridized carbons (Fsp3) is 0.0909. The summed E-state index contributed by atoms with van der Waals surface area (Å²) in [5.41, 5.74) is 1.15. The van der Waals surface area contributed by atoms with E-state index in [1.165, 1.54) is 4.85 Å². The maximum absolute atomic E-state index is 10.1. The van der Waals surface area contributed by atoms with Crippen molar-refractivity contribution in [2.75, 3.05) is 6.61 Å². The second-order valence-corrected chi connectivity index (χ2v) is 7.82. The molecule has 0 radical (unpaired) electrons. The first kappa shape index (κ1) is 22.5. The summed E-state index contributed by atoms with van der Waals surface area (Å²) in [6, 6.07) is 17.7. The van der Waals surface area contributed by atoms with Crippen LogP contribution in [0.1, 0.15) is 22.8 Å². The van der Waals surface area contributed by atoms with Gasteiger partial charge in [0.05, 0.1) is 0 Å². The molecule has 1 heterocycles. The highest BCUT2D eigenvalue weighted by atomic mass is 35.5. The number of fused-ring (bicyclic) bond motifs is 1. The van der Waals surface area contributed by atoms with Crippen molar-refractivity contribution in [1.29, 1.82) is 10.5 Å². The molecule has 0 aliphatic heterocycles. The topological polar surface area (TPSA) is 117 Å². The van der Waals surface area contributed by atoms with Gasteiger partial charge < -0.3 is 14.7 Å². The number of nitrogens with zero attached hydrogens (tertiary/aromatic N) is 5. The molecule has 0 fully saturated rings. The Balaban J connectivity index is 1.76. The molecule has 1 atom stereocenters. The molecule has 0 aliphatic rings. The van der Waals surface area contributed by atoms with E-state index in [1.807, 2.05) is 18.2 Å².